The highest BCUT2D eigenvalue weighted by atomic mass is 16.5. The molecule has 0 bridgehead atoms. The molecule has 1 unspecified atom stereocenters. The van der Waals surface area contributed by atoms with Gasteiger partial charge in [-0.25, -0.2) is 0 Å². The molecule has 160 valence electrons. The van der Waals surface area contributed by atoms with Gasteiger partial charge in [-0.3, -0.25) is 4.79 Å². The largest absolute Gasteiger partial charge is 0.633 e. The van der Waals surface area contributed by atoms with Crippen LogP contribution in [-0.4, -0.2) is 74.5 Å². The van der Waals surface area contributed by atoms with Crippen LogP contribution in [0.4, 0.5) is 0 Å². The highest BCUT2D eigenvalue weighted by Gasteiger charge is 2.28. The fraction of sp³-hybridized carbons (Fsp3) is 0.952. The fourth-order valence-electron chi connectivity index (χ4n) is 4.01. The van der Waals surface area contributed by atoms with Gasteiger partial charge in [-0.2, -0.15) is 0 Å². The Morgan fingerprint density at radius 1 is 1.00 bits per heavy atom. The number of rotatable bonds is 12. The van der Waals surface area contributed by atoms with Crippen LogP contribution >= 0.6 is 0 Å². The van der Waals surface area contributed by atoms with E-state index in [1.165, 1.54) is 38.5 Å². The zero-order valence-electron chi connectivity index (χ0n) is 18.4. The molecular formula is C21H43N3O3. The van der Waals surface area contributed by atoms with Crippen LogP contribution in [0.5, 0.6) is 0 Å². The first-order valence-corrected chi connectivity index (χ1v) is 10.9. The van der Waals surface area contributed by atoms with Gasteiger partial charge in [-0.15, -0.1) is 0 Å². The van der Waals surface area contributed by atoms with Crippen molar-refractivity contribution in [1.82, 2.24) is 4.90 Å². The van der Waals surface area contributed by atoms with Gasteiger partial charge < -0.3 is 24.6 Å². The predicted molar refractivity (Wildman–Crippen MR) is 111 cm³/mol. The summed E-state index contributed by atoms with van der Waals surface area (Å²) in [4.78, 5) is 14.9. The molecule has 0 heterocycles. The molecule has 1 atom stereocenters. The van der Waals surface area contributed by atoms with Gasteiger partial charge in [0.25, 0.3) is 0 Å². The lowest BCUT2D eigenvalue weighted by atomic mass is 9.76. The van der Waals surface area contributed by atoms with E-state index in [0.717, 1.165) is 12.8 Å². The summed E-state index contributed by atoms with van der Waals surface area (Å²) in [7, 11) is 6.40. The van der Waals surface area contributed by atoms with Crippen molar-refractivity contribution >= 4 is 5.91 Å². The molecule has 6 nitrogen and oxygen atoms in total. The van der Waals surface area contributed by atoms with Crippen LogP contribution in [0.25, 0.3) is 0 Å². The molecule has 0 aliphatic heterocycles. The van der Waals surface area contributed by atoms with Gasteiger partial charge in [-0.1, -0.05) is 51.9 Å². The second-order valence-corrected chi connectivity index (χ2v) is 9.48. The van der Waals surface area contributed by atoms with E-state index in [-0.39, 0.29) is 5.91 Å². The summed E-state index contributed by atoms with van der Waals surface area (Å²) in [6, 6.07) is 0. The van der Waals surface area contributed by atoms with Gasteiger partial charge in [0.2, 0.25) is 5.91 Å². The summed E-state index contributed by atoms with van der Waals surface area (Å²) < 4.78 is -0.831. The minimum atomic E-state index is -0.415. The number of hydroxylamine groups is 6. The van der Waals surface area contributed by atoms with Crippen molar-refractivity contribution in [3.8, 4) is 0 Å². The Morgan fingerprint density at radius 3 is 1.96 bits per heavy atom. The van der Waals surface area contributed by atoms with Crippen molar-refractivity contribution in [1.29, 1.82) is 0 Å². The lowest BCUT2D eigenvalue weighted by Crippen LogP contribution is -2.47. The Kier molecular flexibility index (Phi) is 10.2. The maximum atomic E-state index is 13.1. The van der Waals surface area contributed by atoms with Gasteiger partial charge in [0.05, 0.1) is 54.4 Å². The molecule has 0 radical (unpaired) electrons. The predicted octanol–water partition coefficient (Wildman–Crippen LogP) is 3.74. The van der Waals surface area contributed by atoms with Crippen molar-refractivity contribution in [2.75, 3.05) is 54.4 Å². The lowest BCUT2D eigenvalue weighted by Gasteiger charge is -2.39. The smallest absolute Gasteiger partial charge is 0.223 e. The van der Waals surface area contributed by atoms with Crippen LogP contribution in [0, 0.1) is 22.3 Å². The quantitative estimate of drug-likeness (QED) is 0.380. The highest BCUT2D eigenvalue weighted by molar-refractivity contribution is 5.76. The zero-order chi connectivity index (χ0) is 20.5. The highest BCUT2D eigenvalue weighted by Crippen LogP contribution is 2.35. The van der Waals surface area contributed by atoms with E-state index in [4.69, 9.17) is 0 Å². The molecule has 1 saturated carbocycles. The van der Waals surface area contributed by atoms with Crippen molar-refractivity contribution in [3.63, 3.8) is 0 Å². The first kappa shape index (κ1) is 24.3. The summed E-state index contributed by atoms with van der Waals surface area (Å²) in [6.07, 6.45) is 10.4. The lowest BCUT2D eigenvalue weighted by molar-refractivity contribution is -0.842. The number of quaternary nitrogens is 2. The second kappa shape index (κ2) is 11.3. The number of hydrogen-bond donors (Lipinski definition) is 0. The number of carbonyl (C=O) groups is 1. The first-order chi connectivity index (χ1) is 12.5. The van der Waals surface area contributed by atoms with Crippen molar-refractivity contribution in [2.45, 2.75) is 64.7 Å². The number of carbonyl (C=O) groups excluding carboxylic acids is 1. The van der Waals surface area contributed by atoms with Gasteiger partial charge in [-0.05, 0) is 18.3 Å². The third kappa shape index (κ3) is 11.0. The van der Waals surface area contributed by atoms with E-state index in [9.17, 15) is 15.2 Å². The second-order valence-electron chi connectivity index (χ2n) is 9.48. The first-order valence-electron chi connectivity index (χ1n) is 10.9. The van der Waals surface area contributed by atoms with Gasteiger partial charge in [0.1, 0.15) is 0 Å². The average Bonchev–Trinajstić information content (AvgIpc) is 2.57. The summed E-state index contributed by atoms with van der Waals surface area (Å²) in [6.45, 7) is 3.79. The molecule has 0 spiro atoms. The summed E-state index contributed by atoms with van der Waals surface area (Å²) in [5.41, 5.74) is 0. The summed E-state index contributed by atoms with van der Waals surface area (Å²) >= 11 is 0. The molecule has 1 amide bonds. The summed E-state index contributed by atoms with van der Waals surface area (Å²) in [5, 5.41) is 24.0. The standard InChI is InChI=1S/C21H43N3O3/c1-6-7-11-20(19-12-9-8-10-13-19)18-21(25)22(14-16-23(2,3)26)15-17-24(4,5)27/h19-20H,6-18H2,1-5H3. The normalized spacial score (nSPS) is 17.7. The zero-order valence-corrected chi connectivity index (χ0v) is 18.4. The molecule has 1 rings (SSSR count). The molecule has 1 aliphatic rings. The maximum absolute atomic E-state index is 13.1. The minimum Gasteiger partial charge on any atom is -0.633 e. The number of unbranched alkanes of at least 4 members (excludes halogenated alkanes) is 1. The molecule has 27 heavy (non-hydrogen) atoms. The molecule has 0 aromatic carbocycles. The number of amides is 1. The van der Waals surface area contributed by atoms with E-state index in [0.29, 0.717) is 44.4 Å². The molecular weight excluding hydrogens is 342 g/mol. The SMILES string of the molecule is CCCCC(CC(=O)N(CC[N+](C)(C)[O-])CC[N+](C)(C)[O-])C1CCCCC1. The molecule has 1 aliphatic carbocycles. The Bertz CT molecular complexity index is 405. The Balaban J connectivity index is 2.75. The van der Waals surface area contributed by atoms with Crippen LogP contribution in [-0.2, 0) is 4.79 Å². The van der Waals surface area contributed by atoms with Crippen LogP contribution in [0.1, 0.15) is 64.7 Å². The minimum absolute atomic E-state index is 0.128. The maximum Gasteiger partial charge on any atom is 0.223 e. The van der Waals surface area contributed by atoms with E-state index in [1.54, 1.807) is 33.1 Å². The summed E-state index contributed by atoms with van der Waals surface area (Å²) in [5.74, 6) is 1.24. The van der Waals surface area contributed by atoms with Crippen LogP contribution in [0.15, 0.2) is 0 Å². The third-order valence-corrected chi connectivity index (χ3v) is 5.85. The van der Waals surface area contributed by atoms with Crippen LogP contribution < -0.4 is 0 Å². The van der Waals surface area contributed by atoms with E-state index >= 15 is 0 Å². The number of hydrogen-bond acceptors (Lipinski definition) is 3. The monoisotopic (exact) mass is 385 g/mol. The van der Waals surface area contributed by atoms with Gasteiger partial charge >= 0.3 is 0 Å². The molecule has 0 aromatic heterocycles. The Morgan fingerprint density at radius 2 is 1.52 bits per heavy atom. The molecule has 0 N–H and O–H groups in total. The van der Waals surface area contributed by atoms with Crippen molar-refractivity contribution < 1.29 is 14.1 Å². The van der Waals surface area contributed by atoms with Gasteiger partial charge in [0.15, 0.2) is 0 Å². The Hall–Kier alpha value is -0.690. The average molecular weight is 386 g/mol. The number of likely N-dealkylation sites (N-methyl/N-ethyl adjacent to an activating group) is 2. The van der Waals surface area contributed by atoms with E-state index in [1.807, 2.05) is 0 Å². The molecule has 6 heteroatoms. The third-order valence-electron chi connectivity index (χ3n) is 5.85. The number of nitrogens with zero attached hydrogens (tertiary/aromatic N) is 3. The van der Waals surface area contributed by atoms with Crippen molar-refractivity contribution in [3.05, 3.63) is 10.4 Å². The van der Waals surface area contributed by atoms with Gasteiger partial charge in [0, 0.05) is 6.42 Å². The topological polar surface area (TPSA) is 66.4 Å². The van der Waals surface area contributed by atoms with E-state index < -0.39 is 9.29 Å². The fourth-order valence-corrected chi connectivity index (χ4v) is 4.01. The molecule has 0 aromatic rings. The molecule has 1 fully saturated rings. The Labute approximate surface area is 166 Å². The van der Waals surface area contributed by atoms with E-state index in [2.05, 4.69) is 6.92 Å². The van der Waals surface area contributed by atoms with Crippen LogP contribution in [0.3, 0.4) is 0 Å². The van der Waals surface area contributed by atoms with Crippen LogP contribution in [0.2, 0.25) is 0 Å². The molecule has 0 saturated heterocycles. The van der Waals surface area contributed by atoms with Crippen molar-refractivity contribution in [2.24, 2.45) is 11.8 Å².